The number of hydrogen-bond donors (Lipinski definition) is 2. The van der Waals surface area contributed by atoms with Crippen molar-refractivity contribution in [2.24, 2.45) is 0 Å². The molecular formula is C22H18F4N2OS. The zero-order valence-electron chi connectivity index (χ0n) is 16.2. The minimum absolute atomic E-state index is 0.322. The third kappa shape index (κ3) is 3.67. The number of hydrogen-bond acceptors (Lipinski definition) is 2. The molecule has 2 N–H and O–H groups in total. The summed E-state index contributed by atoms with van der Waals surface area (Å²) in [5.41, 5.74) is 2.44. The average molecular weight is 434 g/mol. The van der Waals surface area contributed by atoms with E-state index in [0.717, 1.165) is 45.7 Å². The van der Waals surface area contributed by atoms with Crippen LogP contribution in [0, 0.1) is 19.7 Å². The molecule has 0 radical (unpaired) electrons. The first-order valence-corrected chi connectivity index (χ1v) is 10.1. The number of nitrogens with one attached hydrogen (secondary N) is 2. The Morgan fingerprint density at radius 3 is 2.63 bits per heavy atom. The van der Waals surface area contributed by atoms with Gasteiger partial charge in [-0.25, -0.2) is 4.39 Å². The van der Waals surface area contributed by atoms with Crippen molar-refractivity contribution in [1.82, 2.24) is 10.3 Å². The summed E-state index contributed by atoms with van der Waals surface area (Å²) in [7, 11) is 0. The van der Waals surface area contributed by atoms with Crippen molar-refractivity contribution in [3.8, 4) is 0 Å². The second kappa shape index (κ2) is 7.43. The standard InChI is InChI=1S/C22H18F4N2OS/c1-11-3-5-16(23)20-19(11)15(12(2)28-20)7-8-27-21(29)18-10-13-9-14(22(24,25)26)4-6-17(13)30-18/h3-6,9-10,28H,7-8H2,1-2H3,(H,27,29). The van der Waals surface area contributed by atoms with Crippen molar-refractivity contribution in [3.05, 3.63) is 69.5 Å². The van der Waals surface area contributed by atoms with Gasteiger partial charge in [-0.05, 0) is 67.1 Å². The van der Waals surface area contributed by atoms with Gasteiger partial charge >= 0.3 is 6.18 Å². The number of aromatic nitrogens is 1. The number of fused-ring (bicyclic) bond motifs is 2. The summed E-state index contributed by atoms with van der Waals surface area (Å²) < 4.78 is 53.3. The van der Waals surface area contributed by atoms with Crippen molar-refractivity contribution in [2.75, 3.05) is 6.54 Å². The Labute approximate surface area is 173 Å². The Morgan fingerprint density at radius 2 is 1.90 bits per heavy atom. The lowest BCUT2D eigenvalue weighted by atomic mass is 10.0. The Morgan fingerprint density at radius 1 is 1.13 bits per heavy atom. The van der Waals surface area contributed by atoms with Crippen LogP contribution in [0.5, 0.6) is 0 Å². The molecule has 0 atom stereocenters. The molecule has 0 saturated carbocycles. The third-order valence-electron chi connectivity index (χ3n) is 5.16. The van der Waals surface area contributed by atoms with E-state index in [0.29, 0.717) is 33.4 Å². The van der Waals surface area contributed by atoms with E-state index in [1.165, 1.54) is 18.2 Å². The zero-order valence-corrected chi connectivity index (χ0v) is 17.0. The predicted molar refractivity (Wildman–Crippen MR) is 111 cm³/mol. The van der Waals surface area contributed by atoms with Crippen LogP contribution in [0.1, 0.15) is 32.1 Å². The van der Waals surface area contributed by atoms with Crippen molar-refractivity contribution >= 4 is 38.2 Å². The van der Waals surface area contributed by atoms with Gasteiger partial charge in [0.15, 0.2) is 0 Å². The van der Waals surface area contributed by atoms with Gasteiger partial charge in [0.1, 0.15) is 5.82 Å². The quantitative estimate of drug-likeness (QED) is 0.373. The van der Waals surface area contributed by atoms with Crippen LogP contribution in [0.3, 0.4) is 0 Å². The fourth-order valence-electron chi connectivity index (χ4n) is 3.68. The molecule has 0 unspecified atom stereocenters. The van der Waals surface area contributed by atoms with Crippen LogP contribution < -0.4 is 5.32 Å². The van der Waals surface area contributed by atoms with E-state index in [4.69, 9.17) is 0 Å². The van der Waals surface area contributed by atoms with Gasteiger partial charge in [-0.2, -0.15) is 13.2 Å². The van der Waals surface area contributed by atoms with E-state index >= 15 is 0 Å². The van der Waals surface area contributed by atoms with Crippen molar-refractivity contribution in [3.63, 3.8) is 0 Å². The van der Waals surface area contributed by atoms with Gasteiger partial charge in [-0.1, -0.05) is 6.07 Å². The molecule has 0 aliphatic heterocycles. The maximum absolute atomic E-state index is 14.1. The van der Waals surface area contributed by atoms with Gasteiger partial charge in [-0.15, -0.1) is 11.3 Å². The Kier molecular flexibility index (Phi) is 5.05. The maximum Gasteiger partial charge on any atom is 0.416 e. The SMILES string of the molecule is Cc1[nH]c2c(F)ccc(C)c2c1CCNC(=O)c1cc2cc(C(F)(F)F)ccc2s1. The molecule has 2 heterocycles. The largest absolute Gasteiger partial charge is 0.416 e. The number of carbonyl (C=O) groups is 1. The fourth-order valence-corrected chi connectivity index (χ4v) is 4.63. The smallest absolute Gasteiger partial charge is 0.356 e. The zero-order chi connectivity index (χ0) is 21.6. The van der Waals surface area contributed by atoms with Crippen molar-refractivity contribution in [2.45, 2.75) is 26.4 Å². The lowest BCUT2D eigenvalue weighted by Gasteiger charge is -2.06. The molecule has 0 fully saturated rings. The molecule has 0 bridgehead atoms. The van der Waals surface area contributed by atoms with E-state index in [2.05, 4.69) is 10.3 Å². The highest BCUT2D eigenvalue weighted by atomic mass is 32.1. The third-order valence-corrected chi connectivity index (χ3v) is 6.27. The Hall–Kier alpha value is -2.87. The van der Waals surface area contributed by atoms with Gasteiger partial charge in [0.25, 0.3) is 5.91 Å². The Balaban J connectivity index is 1.50. The summed E-state index contributed by atoms with van der Waals surface area (Å²) in [5.74, 6) is -0.664. The molecule has 8 heteroatoms. The van der Waals surface area contributed by atoms with Crippen LogP contribution in [0.15, 0.2) is 36.4 Å². The number of benzene rings is 2. The topological polar surface area (TPSA) is 44.9 Å². The molecule has 3 nitrogen and oxygen atoms in total. The Bertz CT molecular complexity index is 1270. The number of H-pyrrole nitrogens is 1. The highest BCUT2D eigenvalue weighted by molar-refractivity contribution is 7.20. The van der Waals surface area contributed by atoms with Gasteiger partial charge in [0.05, 0.1) is 16.0 Å². The van der Waals surface area contributed by atoms with Crippen molar-refractivity contribution < 1.29 is 22.4 Å². The van der Waals surface area contributed by atoms with Crippen LogP contribution in [0.25, 0.3) is 21.0 Å². The predicted octanol–water partition coefficient (Wildman–Crippen LogP) is 6.13. The second-order valence-corrected chi connectivity index (χ2v) is 8.29. The molecular weight excluding hydrogens is 416 g/mol. The number of rotatable bonds is 4. The number of carbonyl (C=O) groups excluding carboxylic acids is 1. The van der Waals surface area contributed by atoms with E-state index in [9.17, 15) is 22.4 Å². The monoisotopic (exact) mass is 434 g/mol. The average Bonchev–Trinajstić information content (AvgIpc) is 3.25. The molecule has 4 rings (SSSR count). The second-order valence-electron chi connectivity index (χ2n) is 7.21. The molecule has 30 heavy (non-hydrogen) atoms. The highest BCUT2D eigenvalue weighted by Gasteiger charge is 2.30. The number of amides is 1. The number of alkyl halides is 3. The minimum atomic E-state index is -4.42. The number of halogens is 4. The van der Waals surface area contributed by atoms with Gasteiger partial charge in [0.2, 0.25) is 0 Å². The first-order chi connectivity index (χ1) is 14.1. The lowest BCUT2D eigenvalue weighted by molar-refractivity contribution is -0.137. The fraction of sp³-hybridized carbons (Fsp3) is 0.227. The molecule has 156 valence electrons. The summed E-state index contributed by atoms with van der Waals surface area (Å²) in [5, 5.41) is 4.02. The van der Waals surface area contributed by atoms with E-state index in [1.807, 2.05) is 13.8 Å². The van der Waals surface area contributed by atoms with Gasteiger partial charge < -0.3 is 10.3 Å². The van der Waals surface area contributed by atoms with Crippen LogP contribution in [0.4, 0.5) is 17.6 Å². The highest BCUT2D eigenvalue weighted by Crippen LogP contribution is 2.34. The van der Waals surface area contributed by atoms with E-state index in [1.54, 1.807) is 6.07 Å². The molecule has 0 saturated heterocycles. The van der Waals surface area contributed by atoms with Crippen LogP contribution in [-0.4, -0.2) is 17.4 Å². The summed E-state index contributed by atoms with van der Waals surface area (Å²) in [6.07, 6.45) is -3.92. The summed E-state index contributed by atoms with van der Waals surface area (Å²) in [6, 6.07) is 8.06. The molecule has 2 aromatic heterocycles. The van der Waals surface area contributed by atoms with E-state index < -0.39 is 11.7 Å². The first-order valence-electron chi connectivity index (χ1n) is 9.30. The number of aromatic amines is 1. The molecule has 4 aromatic rings. The normalized spacial score (nSPS) is 12.1. The first kappa shape index (κ1) is 20.4. The molecule has 0 spiro atoms. The van der Waals surface area contributed by atoms with E-state index in [-0.39, 0.29) is 11.7 Å². The van der Waals surface area contributed by atoms with Crippen LogP contribution >= 0.6 is 11.3 Å². The van der Waals surface area contributed by atoms with Crippen LogP contribution in [-0.2, 0) is 12.6 Å². The number of aryl methyl sites for hydroxylation is 2. The van der Waals surface area contributed by atoms with Crippen molar-refractivity contribution in [1.29, 1.82) is 0 Å². The molecule has 2 aromatic carbocycles. The van der Waals surface area contributed by atoms with Gasteiger partial charge in [0, 0.05) is 22.3 Å². The molecule has 0 aliphatic carbocycles. The molecule has 0 aliphatic rings. The van der Waals surface area contributed by atoms with Crippen LogP contribution in [0.2, 0.25) is 0 Å². The maximum atomic E-state index is 14.1. The number of thiophene rings is 1. The minimum Gasteiger partial charge on any atom is -0.356 e. The summed E-state index contributed by atoms with van der Waals surface area (Å²) >= 11 is 1.15. The van der Waals surface area contributed by atoms with Gasteiger partial charge in [-0.3, -0.25) is 4.79 Å². The summed E-state index contributed by atoms with van der Waals surface area (Å²) in [4.78, 5) is 15.9. The lowest BCUT2D eigenvalue weighted by Crippen LogP contribution is -2.25. The molecule has 1 amide bonds. The summed E-state index contributed by atoms with van der Waals surface area (Å²) in [6.45, 7) is 4.09.